The molecule has 0 fully saturated rings. The third-order valence-electron chi connectivity index (χ3n) is 5.25. The SMILES string of the molecule is CCc1ccc(S(=O)(=O)NC(C(=O)NC(Cc2ccccc2Cl)C(=O)NC)c2ccc(Cl)cc2)s1. The van der Waals surface area contributed by atoms with Crippen LogP contribution in [0.1, 0.15) is 29.0 Å². The van der Waals surface area contributed by atoms with Gasteiger partial charge in [0.15, 0.2) is 0 Å². The molecule has 35 heavy (non-hydrogen) atoms. The number of thiophene rings is 1. The molecule has 1 aromatic heterocycles. The van der Waals surface area contributed by atoms with E-state index < -0.39 is 33.9 Å². The van der Waals surface area contributed by atoms with Gasteiger partial charge in [-0.1, -0.05) is 60.5 Å². The quantitative estimate of drug-likeness (QED) is 0.351. The monoisotopic (exact) mass is 553 g/mol. The number of halogens is 2. The third kappa shape index (κ3) is 7.05. The highest BCUT2D eigenvalue weighted by Gasteiger charge is 2.31. The Morgan fingerprint density at radius 3 is 2.26 bits per heavy atom. The lowest BCUT2D eigenvalue weighted by Gasteiger charge is -2.23. The maximum Gasteiger partial charge on any atom is 0.251 e. The van der Waals surface area contributed by atoms with Gasteiger partial charge in [0.2, 0.25) is 11.8 Å². The summed E-state index contributed by atoms with van der Waals surface area (Å²) < 4.78 is 28.8. The van der Waals surface area contributed by atoms with E-state index >= 15 is 0 Å². The van der Waals surface area contributed by atoms with Gasteiger partial charge >= 0.3 is 0 Å². The van der Waals surface area contributed by atoms with Crippen molar-refractivity contribution in [1.82, 2.24) is 15.4 Å². The number of carbonyl (C=O) groups is 2. The summed E-state index contributed by atoms with van der Waals surface area (Å²) in [6, 6.07) is 14.2. The Morgan fingerprint density at radius 2 is 1.66 bits per heavy atom. The standard InChI is InChI=1S/C24H25Cl2N3O4S2/c1-3-18-12-13-21(34-18)35(32,33)29-22(15-8-10-17(25)11-9-15)24(31)28-20(23(30)27-2)14-16-6-4-5-7-19(16)26/h4-13,20,22,29H,3,14H2,1-2H3,(H,27,30)(H,28,31). The fraction of sp³-hybridized carbons (Fsp3) is 0.250. The number of rotatable bonds is 10. The maximum absolute atomic E-state index is 13.4. The van der Waals surface area contributed by atoms with Gasteiger partial charge in [0.05, 0.1) is 0 Å². The number of hydrogen-bond donors (Lipinski definition) is 3. The van der Waals surface area contributed by atoms with Gasteiger partial charge in [0.25, 0.3) is 10.0 Å². The van der Waals surface area contributed by atoms with Gasteiger partial charge in [-0.2, -0.15) is 4.72 Å². The first-order chi connectivity index (χ1) is 16.6. The van der Waals surface area contributed by atoms with Crippen molar-refractivity contribution < 1.29 is 18.0 Å². The molecule has 0 radical (unpaired) electrons. The van der Waals surface area contributed by atoms with Crippen molar-refractivity contribution in [2.24, 2.45) is 0 Å². The summed E-state index contributed by atoms with van der Waals surface area (Å²) in [4.78, 5) is 26.9. The first kappa shape index (κ1) is 27.2. The summed E-state index contributed by atoms with van der Waals surface area (Å²) in [6.45, 7) is 1.93. The molecule has 0 saturated carbocycles. The minimum Gasteiger partial charge on any atom is -0.357 e. The van der Waals surface area contributed by atoms with Crippen LogP contribution in [0.5, 0.6) is 0 Å². The zero-order valence-corrected chi connectivity index (χ0v) is 22.2. The molecule has 2 unspecified atom stereocenters. The number of nitrogens with one attached hydrogen (secondary N) is 3. The molecular formula is C24H25Cl2N3O4S2. The molecular weight excluding hydrogens is 529 g/mol. The van der Waals surface area contributed by atoms with Gasteiger partial charge in [-0.25, -0.2) is 8.42 Å². The zero-order valence-electron chi connectivity index (χ0n) is 19.0. The zero-order chi connectivity index (χ0) is 25.6. The van der Waals surface area contributed by atoms with E-state index in [1.165, 1.54) is 13.1 Å². The van der Waals surface area contributed by atoms with E-state index in [4.69, 9.17) is 23.2 Å². The van der Waals surface area contributed by atoms with Gasteiger partial charge in [0.1, 0.15) is 16.3 Å². The minimum absolute atomic E-state index is 0.0973. The first-order valence-electron chi connectivity index (χ1n) is 10.8. The van der Waals surface area contributed by atoms with Crippen molar-refractivity contribution in [3.05, 3.63) is 86.7 Å². The molecule has 0 aliphatic rings. The fourth-order valence-electron chi connectivity index (χ4n) is 3.36. The Labute approximate surface area is 218 Å². The average Bonchev–Trinajstić information content (AvgIpc) is 3.34. The van der Waals surface area contributed by atoms with Crippen LogP contribution in [0.25, 0.3) is 0 Å². The molecule has 2 atom stereocenters. The van der Waals surface area contributed by atoms with Crippen LogP contribution in [0.2, 0.25) is 10.0 Å². The molecule has 2 aromatic carbocycles. The lowest BCUT2D eigenvalue weighted by Crippen LogP contribution is -2.50. The number of amides is 2. The van der Waals surface area contributed by atoms with Crippen LogP contribution in [0, 0.1) is 0 Å². The van der Waals surface area contributed by atoms with E-state index in [0.29, 0.717) is 27.6 Å². The van der Waals surface area contributed by atoms with Gasteiger partial charge in [-0.3, -0.25) is 9.59 Å². The summed E-state index contributed by atoms with van der Waals surface area (Å²) in [5, 5.41) is 6.10. The van der Waals surface area contributed by atoms with E-state index in [1.807, 2.05) is 6.92 Å². The van der Waals surface area contributed by atoms with E-state index in [-0.39, 0.29) is 10.6 Å². The van der Waals surface area contributed by atoms with Crippen LogP contribution in [0.4, 0.5) is 0 Å². The van der Waals surface area contributed by atoms with Crippen LogP contribution in [-0.4, -0.2) is 33.3 Å². The highest BCUT2D eigenvalue weighted by atomic mass is 35.5. The van der Waals surface area contributed by atoms with Crippen LogP contribution in [0.15, 0.2) is 64.9 Å². The predicted molar refractivity (Wildman–Crippen MR) is 139 cm³/mol. The normalized spacial score (nSPS) is 13.1. The van der Waals surface area contributed by atoms with Crippen molar-refractivity contribution in [2.75, 3.05) is 7.05 Å². The molecule has 7 nitrogen and oxygen atoms in total. The molecule has 0 aliphatic carbocycles. The first-order valence-corrected chi connectivity index (χ1v) is 13.8. The van der Waals surface area contributed by atoms with E-state index in [2.05, 4.69) is 15.4 Å². The average molecular weight is 555 g/mol. The molecule has 3 N–H and O–H groups in total. The summed E-state index contributed by atoms with van der Waals surface area (Å²) >= 11 is 13.4. The Hall–Kier alpha value is -2.43. The number of benzene rings is 2. The number of sulfonamides is 1. The number of aryl methyl sites for hydroxylation is 1. The smallest absolute Gasteiger partial charge is 0.251 e. The van der Waals surface area contributed by atoms with Crippen LogP contribution < -0.4 is 15.4 Å². The lowest BCUT2D eigenvalue weighted by atomic mass is 10.0. The lowest BCUT2D eigenvalue weighted by molar-refractivity contribution is -0.129. The number of hydrogen-bond acceptors (Lipinski definition) is 5. The van der Waals surface area contributed by atoms with Crippen molar-refractivity contribution in [2.45, 2.75) is 36.1 Å². The fourth-order valence-corrected chi connectivity index (χ4v) is 6.19. The van der Waals surface area contributed by atoms with Crippen LogP contribution in [-0.2, 0) is 32.5 Å². The molecule has 3 rings (SSSR count). The molecule has 186 valence electrons. The summed E-state index contributed by atoms with van der Waals surface area (Å²) in [5.41, 5.74) is 1.04. The second kappa shape index (κ2) is 12.0. The second-order valence-electron chi connectivity index (χ2n) is 7.65. The van der Waals surface area contributed by atoms with Gasteiger partial charge in [0, 0.05) is 28.4 Å². The molecule has 3 aromatic rings. The summed E-state index contributed by atoms with van der Waals surface area (Å²) in [7, 11) is -2.57. The van der Waals surface area contributed by atoms with Crippen LogP contribution in [0.3, 0.4) is 0 Å². The largest absolute Gasteiger partial charge is 0.357 e. The van der Waals surface area contributed by atoms with Crippen molar-refractivity contribution in [1.29, 1.82) is 0 Å². The van der Waals surface area contributed by atoms with Gasteiger partial charge in [-0.05, 0) is 47.9 Å². The van der Waals surface area contributed by atoms with Gasteiger partial charge in [-0.15, -0.1) is 11.3 Å². The predicted octanol–water partition coefficient (Wildman–Crippen LogP) is 4.11. The topological polar surface area (TPSA) is 104 Å². The minimum atomic E-state index is -4.03. The van der Waals surface area contributed by atoms with Crippen molar-refractivity contribution in [3.63, 3.8) is 0 Å². The molecule has 0 bridgehead atoms. The Kier molecular flexibility index (Phi) is 9.32. The van der Waals surface area contributed by atoms with Crippen molar-refractivity contribution in [3.8, 4) is 0 Å². The molecule has 11 heteroatoms. The summed E-state index contributed by atoms with van der Waals surface area (Å²) in [6.07, 6.45) is 0.813. The molecule has 2 amide bonds. The molecule has 0 spiro atoms. The molecule has 0 saturated heterocycles. The molecule has 0 aliphatic heterocycles. The molecule has 1 heterocycles. The summed E-state index contributed by atoms with van der Waals surface area (Å²) in [5.74, 6) is -1.13. The number of likely N-dealkylation sites (N-methyl/N-ethyl adjacent to an activating group) is 1. The van der Waals surface area contributed by atoms with Gasteiger partial charge < -0.3 is 10.6 Å². The third-order valence-corrected chi connectivity index (χ3v) is 9.02. The van der Waals surface area contributed by atoms with E-state index in [1.54, 1.807) is 54.6 Å². The Morgan fingerprint density at radius 1 is 0.971 bits per heavy atom. The van der Waals surface area contributed by atoms with E-state index in [0.717, 1.165) is 16.2 Å². The van der Waals surface area contributed by atoms with E-state index in [9.17, 15) is 18.0 Å². The van der Waals surface area contributed by atoms with Crippen molar-refractivity contribution >= 4 is 56.4 Å². The maximum atomic E-state index is 13.4. The number of carbonyl (C=O) groups excluding carboxylic acids is 2. The van der Waals surface area contributed by atoms with Crippen LogP contribution >= 0.6 is 34.5 Å². The highest BCUT2D eigenvalue weighted by molar-refractivity contribution is 7.91. The second-order valence-corrected chi connectivity index (χ2v) is 11.6. The highest BCUT2D eigenvalue weighted by Crippen LogP contribution is 2.25. The Bertz CT molecular complexity index is 1290. The Balaban J connectivity index is 1.92.